The smallest absolute Gasteiger partial charge is 0.164 e. The van der Waals surface area contributed by atoms with Crippen LogP contribution in [0.15, 0.2) is 188 Å². The van der Waals surface area contributed by atoms with Crippen molar-refractivity contribution in [1.29, 1.82) is 0 Å². The first-order valence-corrected chi connectivity index (χ1v) is 20.8. The Labute approximate surface area is 342 Å². The van der Waals surface area contributed by atoms with Gasteiger partial charge in [0.1, 0.15) is 0 Å². The SMILES string of the molecule is c1ccc(-c2nc(-c3ccc(-c4ccc5sc6ccccc6c5c4)cc3)nc(-c3cc4ccc5cccc6c7cccc8ccc9cccc(c(c3)c4c56)c9c87)n2)cc1. The molecule has 4 heteroatoms. The zero-order valence-electron chi connectivity index (χ0n) is 31.6. The lowest BCUT2D eigenvalue weighted by atomic mass is 9.87. The van der Waals surface area contributed by atoms with Crippen molar-refractivity contribution in [3.8, 4) is 45.3 Å². The molecule has 0 aliphatic carbocycles. The summed E-state index contributed by atoms with van der Waals surface area (Å²) in [6.07, 6.45) is 0. The van der Waals surface area contributed by atoms with Crippen LogP contribution in [0.1, 0.15) is 0 Å². The summed E-state index contributed by atoms with van der Waals surface area (Å²) >= 11 is 1.84. The van der Waals surface area contributed by atoms with Crippen LogP contribution in [-0.4, -0.2) is 15.0 Å². The molecule has 0 saturated heterocycles. The van der Waals surface area contributed by atoms with Gasteiger partial charge in [0.2, 0.25) is 0 Å². The highest BCUT2D eigenvalue weighted by Gasteiger charge is 2.19. The van der Waals surface area contributed by atoms with Gasteiger partial charge < -0.3 is 0 Å². The van der Waals surface area contributed by atoms with Gasteiger partial charge in [0.15, 0.2) is 17.5 Å². The van der Waals surface area contributed by atoms with E-state index in [1.165, 1.54) is 85.0 Å². The van der Waals surface area contributed by atoms with Gasteiger partial charge >= 0.3 is 0 Å². The van der Waals surface area contributed by atoms with Gasteiger partial charge in [0, 0.05) is 36.9 Å². The van der Waals surface area contributed by atoms with Gasteiger partial charge in [-0.15, -0.1) is 11.3 Å². The molecule has 0 saturated carbocycles. The normalized spacial score (nSPS) is 12.1. The molecule has 2 aromatic heterocycles. The molecule has 2 heterocycles. The number of hydrogen-bond acceptors (Lipinski definition) is 4. The van der Waals surface area contributed by atoms with E-state index in [9.17, 15) is 0 Å². The third-order valence-electron chi connectivity index (χ3n) is 12.2. The zero-order valence-corrected chi connectivity index (χ0v) is 32.5. The Morgan fingerprint density at radius 2 is 0.712 bits per heavy atom. The Morgan fingerprint density at radius 1 is 0.254 bits per heavy atom. The lowest BCUT2D eigenvalue weighted by Crippen LogP contribution is -2.00. The van der Waals surface area contributed by atoms with E-state index in [1.807, 2.05) is 29.5 Å². The quantitative estimate of drug-likeness (QED) is 0.168. The molecule has 0 aliphatic heterocycles. The lowest BCUT2D eigenvalue weighted by Gasteiger charge is -2.17. The van der Waals surface area contributed by atoms with E-state index < -0.39 is 0 Å². The summed E-state index contributed by atoms with van der Waals surface area (Å²) in [5.74, 6) is 1.94. The summed E-state index contributed by atoms with van der Waals surface area (Å²) in [5, 5.41) is 17.5. The average molecular weight is 766 g/mol. The molecule has 0 atom stereocenters. The standard InChI is InChI=1S/C55H31N3S/c1-2-9-36(10-3-1)53-56-54(37-24-19-32(20-25-37)38-27-28-48-45(30-38)41-14-4-5-18-47(41)59-48)58-55(57-53)40-29-39-26-23-35-12-7-16-43-42-15-6-11-33-21-22-34-13-8-17-44(51(34)49(33)42)46(31-40)52(39)50(35)43/h1-31H. The Bertz CT molecular complexity index is 3820. The van der Waals surface area contributed by atoms with Crippen molar-refractivity contribution in [3.63, 3.8) is 0 Å². The van der Waals surface area contributed by atoms with Gasteiger partial charge in [0.05, 0.1) is 0 Å². The fourth-order valence-corrected chi connectivity index (χ4v) is 10.6. The molecular formula is C55H31N3S. The highest BCUT2D eigenvalue weighted by molar-refractivity contribution is 7.25. The number of hydrogen-bond donors (Lipinski definition) is 0. The van der Waals surface area contributed by atoms with Crippen molar-refractivity contribution in [2.75, 3.05) is 0 Å². The second-order valence-electron chi connectivity index (χ2n) is 15.5. The first-order valence-electron chi connectivity index (χ1n) is 20.0. The number of rotatable bonds is 4. The van der Waals surface area contributed by atoms with Gasteiger partial charge in [-0.05, 0) is 106 Å². The summed E-state index contributed by atoms with van der Waals surface area (Å²) in [5.41, 5.74) is 5.19. The first kappa shape index (κ1) is 32.5. The van der Waals surface area contributed by atoms with E-state index in [2.05, 4.69) is 170 Å². The molecule has 272 valence electrons. The molecule has 11 aromatic carbocycles. The molecule has 0 fully saturated rings. The fraction of sp³-hybridized carbons (Fsp3) is 0. The van der Waals surface area contributed by atoms with Gasteiger partial charge in [-0.25, -0.2) is 15.0 Å². The second kappa shape index (κ2) is 12.5. The Balaban J connectivity index is 1.04. The maximum atomic E-state index is 5.27. The largest absolute Gasteiger partial charge is 0.208 e. The molecule has 0 aliphatic rings. The summed E-state index contributed by atoms with van der Waals surface area (Å²) in [4.78, 5) is 15.6. The predicted octanol–water partition coefficient (Wildman–Crippen LogP) is 15.3. The molecule has 59 heavy (non-hydrogen) atoms. The lowest BCUT2D eigenvalue weighted by molar-refractivity contribution is 1.07. The zero-order chi connectivity index (χ0) is 38.6. The minimum Gasteiger partial charge on any atom is -0.208 e. The monoisotopic (exact) mass is 765 g/mol. The van der Waals surface area contributed by atoms with Crippen LogP contribution in [0, 0.1) is 0 Å². The molecule has 0 N–H and O–H groups in total. The van der Waals surface area contributed by atoms with E-state index in [0.29, 0.717) is 17.5 Å². The Kier molecular flexibility index (Phi) is 6.89. The molecule has 0 radical (unpaired) electrons. The predicted molar refractivity (Wildman–Crippen MR) is 251 cm³/mol. The number of thiophene rings is 1. The third kappa shape index (κ3) is 4.97. The highest BCUT2D eigenvalue weighted by atomic mass is 32.1. The van der Waals surface area contributed by atoms with Crippen LogP contribution in [-0.2, 0) is 0 Å². The number of fused-ring (bicyclic) bond motifs is 5. The van der Waals surface area contributed by atoms with E-state index in [0.717, 1.165) is 27.6 Å². The Morgan fingerprint density at radius 3 is 1.37 bits per heavy atom. The van der Waals surface area contributed by atoms with E-state index in [1.54, 1.807) is 0 Å². The molecule has 0 unspecified atom stereocenters. The summed E-state index contributed by atoms with van der Waals surface area (Å²) in [6.45, 7) is 0. The molecule has 13 aromatic rings. The second-order valence-corrected chi connectivity index (χ2v) is 16.6. The van der Waals surface area contributed by atoms with Gasteiger partial charge in [-0.1, -0.05) is 158 Å². The van der Waals surface area contributed by atoms with Crippen LogP contribution >= 0.6 is 11.3 Å². The van der Waals surface area contributed by atoms with Crippen LogP contribution in [0.5, 0.6) is 0 Å². The topological polar surface area (TPSA) is 38.7 Å². The van der Waals surface area contributed by atoms with Crippen molar-refractivity contribution in [1.82, 2.24) is 15.0 Å². The summed E-state index contributed by atoms with van der Waals surface area (Å²) in [7, 11) is 0. The molecule has 0 amide bonds. The number of nitrogens with zero attached hydrogens (tertiary/aromatic N) is 3. The van der Waals surface area contributed by atoms with Gasteiger partial charge in [-0.2, -0.15) is 0 Å². The van der Waals surface area contributed by atoms with Crippen molar-refractivity contribution in [3.05, 3.63) is 188 Å². The van der Waals surface area contributed by atoms with Gasteiger partial charge in [0.25, 0.3) is 0 Å². The van der Waals surface area contributed by atoms with Crippen LogP contribution < -0.4 is 0 Å². The average Bonchev–Trinajstić information content (AvgIpc) is 3.68. The van der Waals surface area contributed by atoms with E-state index in [-0.39, 0.29) is 0 Å². The van der Waals surface area contributed by atoms with Crippen molar-refractivity contribution in [2.24, 2.45) is 0 Å². The minimum atomic E-state index is 0.643. The molecule has 3 nitrogen and oxygen atoms in total. The third-order valence-corrected chi connectivity index (χ3v) is 13.4. The van der Waals surface area contributed by atoms with Crippen molar-refractivity contribution >= 4 is 96.1 Å². The summed E-state index contributed by atoms with van der Waals surface area (Å²) < 4.78 is 2.62. The molecule has 0 bridgehead atoms. The Hall–Kier alpha value is -7.53. The molecule has 0 spiro atoms. The number of benzene rings is 10. The maximum Gasteiger partial charge on any atom is 0.164 e. The molecule has 13 rings (SSSR count). The van der Waals surface area contributed by atoms with Gasteiger partial charge in [-0.3, -0.25) is 0 Å². The van der Waals surface area contributed by atoms with Crippen molar-refractivity contribution < 1.29 is 0 Å². The summed E-state index contributed by atoms with van der Waals surface area (Å²) in [6, 6.07) is 68.1. The fourth-order valence-electron chi connectivity index (χ4n) is 9.48. The minimum absolute atomic E-state index is 0.643. The number of aromatic nitrogens is 3. The van der Waals surface area contributed by atoms with E-state index >= 15 is 0 Å². The van der Waals surface area contributed by atoms with E-state index in [4.69, 9.17) is 15.0 Å². The first-order chi connectivity index (χ1) is 29.2. The molecular weight excluding hydrogens is 735 g/mol. The van der Waals surface area contributed by atoms with Crippen LogP contribution in [0.3, 0.4) is 0 Å². The van der Waals surface area contributed by atoms with Crippen molar-refractivity contribution in [2.45, 2.75) is 0 Å². The highest BCUT2D eigenvalue weighted by Crippen LogP contribution is 2.44. The van der Waals surface area contributed by atoms with Crippen LogP contribution in [0.2, 0.25) is 0 Å². The van der Waals surface area contributed by atoms with Crippen LogP contribution in [0.25, 0.3) is 130 Å². The maximum absolute atomic E-state index is 5.27. The van der Waals surface area contributed by atoms with Crippen LogP contribution in [0.4, 0.5) is 0 Å².